The van der Waals surface area contributed by atoms with E-state index in [1.807, 2.05) is 49.1 Å². The molecule has 0 bridgehead atoms. The maximum Gasteiger partial charge on any atom is 0.258 e. The van der Waals surface area contributed by atoms with Crippen LogP contribution in [0.2, 0.25) is 0 Å². The minimum absolute atomic E-state index is 0.100. The lowest BCUT2D eigenvalue weighted by molar-refractivity contribution is -0.117. The van der Waals surface area contributed by atoms with E-state index in [1.54, 1.807) is 6.07 Å². The molecule has 1 aromatic heterocycles. The van der Waals surface area contributed by atoms with Crippen LogP contribution in [-0.4, -0.2) is 64.6 Å². The molecule has 0 radical (unpaired) electrons. The van der Waals surface area contributed by atoms with Crippen LogP contribution in [0.1, 0.15) is 25.2 Å². The summed E-state index contributed by atoms with van der Waals surface area (Å²) in [6.45, 7) is 8.96. The fourth-order valence-corrected chi connectivity index (χ4v) is 3.92. The number of carbonyl (C=O) groups excluding carboxylic acids is 1. The van der Waals surface area contributed by atoms with Gasteiger partial charge in [-0.15, -0.1) is 0 Å². The van der Waals surface area contributed by atoms with E-state index in [9.17, 15) is 9.59 Å². The van der Waals surface area contributed by atoms with Gasteiger partial charge in [-0.1, -0.05) is 24.3 Å². The van der Waals surface area contributed by atoms with Crippen LogP contribution in [0.15, 0.2) is 53.3 Å². The van der Waals surface area contributed by atoms with Crippen molar-refractivity contribution in [1.29, 1.82) is 0 Å². The molecule has 0 aliphatic carbocycles. The van der Waals surface area contributed by atoms with Gasteiger partial charge in [-0.25, -0.2) is 4.98 Å². The highest BCUT2D eigenvalue weighted by Crippen LogP contribution is 2.14. The predicted molar refractivity (Wildman–Crippen MR) is 129 cm³/mol. The van der Waals surface area contributed by atoms with Crippen molar-refractivity contribution in [2.45, 2.75) is 33.0 Å². The number of carbonyl (C=O) groups is 1. The van der Waals surface area contributed by atoms with E-state index < -0.39 is 0 Å². The highest BCUT2D eigenvalue weighted by atomic mass is 16.5. The second-order valence-corrected chi connectivity index (χ2v) is 8.66. The third-order valence-electron chi connectivity index (χ3n) is 5.84. The lowest BCUT2D eigenvalue weighted by atomic mass is 10.2. The molecule has 0 spiro atoms. The summed E-state index contributed by atoms with van der Waals surface area (Å²) in [5.41, 5.74) is 2.47. The van der Waals surface area contributed by atoms with Crippen molar-refractivity contribution in [3.05, 3.63) is 70.3 Å². The smallest absolute Gasteiger partial charge is 0.258 e. The number of rotatable bonds is 8. The summed E-state index contributed by atoms with van der Waals surface area (Å²) in [4.78, 5) is 36.9. The Hall–Kier alpha value is -3.07. The van der Waals surface area contributed by atoms with Crippen molar-refractivity contribution in [3.63, 3.8) is 0 Å². The summed E-state index contributed by atoms with van der Waals surface area (Å²) in [7, 11) is 0. The van der Waals surface area contributed by atoms with Crippen molar-refractivity contribution >= 4 is 22.5 Å². The Balaban J connectivity index is 1.36. The number of nitrogens with zero attached hydrogens (tertiary/aromatic N) is 3. The Labute approximate surface area is 193 Å². The molecule has 1 amide bonds. The first kappa shape index (κ1) is 23.1. The Morgan fingerprint density at radius 3 is 2.61 bits per heavy atom. The van der Waals surface area contributed by atoms with Gasteiger partial charge in [0.15, 0.2) is 0 Å². The van der Waals surface area contributed by atoms with Gasteiger partial charge in [0.2, 0.25) is 5.91 Å². The van der Waals surface area contributed by atoms with Gasteiger partial charge in [0.25, 0.3) is 5.56 Å². The molecule has 2 N–H and O–H groups in total. The monoisotopic (exact) mass is 449 g/mol. The molecular weight excluding hydrogens is 418 g/mol. The number of fused-ring (bicyclic) bond motifs is 1. The van der Waals surface area contributed by atoms with Gasteiger partial charge >= 0.3 is 0 Å². The summed E-state index contributed by atoms with van der Waals surface area (Å²) in [6.07, 6.45) is 0. The van der Waals surface area contributed by atoms with Crippen molar-refractivity contribution in [2.75, 3.05) is 38.2 Å². The summed E-state index contributed by atoms with van der Waals surface area (Å²) in [6, 6.07) is 15.3. The number of amides is 1. The first-order valence-corrected chi connectivity index (χ1v) is 11.4. The van der Waals surface area contributed by atoms with E-state index in [0.717, 1.165) is 38.5 Å². The number of morpholine rings is 1. The molecule has 8 heteroatoms. The molecule has 3 aromatic rings. The van der Waals surface area contributed by atoms with Gasteiger partial charge in [0, 0.05) is 31.4 Å². The van der Waals surface area contributed by atoms with Crippen molar-refractivity contribution in [1.82, 2.24) is 19.8 Å². The third kappa shape index (κ3) is 6.25. The maximum atomic E-state index is 12.7. The number of hydrogen-bond acceptors (Lipinski definition) is 6. The van der Waals surface area contributed by atoms with Crippen LogP contribution in [0.3, 0.4) is 0 Å². The van der Waals surface area contributed by atoms with Crippen molar-refractivity contribution in [3.8, 4) is 0 Å². The van der Waals surface area contributed by atoms with Crippen LogP contribution in [0.4, 0.5) is 5.69 Å². The van der Waals surface area contributed by atoms with E-state index in [2.05, 4.69) is 32.3 Å². The highest BCUT2D eigenvalue weighted by Gasteiger charge is 2.17. The minimum Gasteiger partial charge on any atom is -0.379 e. The third-order valence-corrected chi connectivity index (χ3v) is 5.84. The van der Waals surface area contributed by atoms with Crippen LogP contribution >= 0.6 is 0 Å². The van der Waals surface area contributed by atoms with Crippen LogP contribution in [0.5, 0.6) is 0 Å². The Bertz CT molecular complexity index is 1140. The predicted octanol–water partition coefficient (Wildman–Crippen LogP) is 2.60. The fourth-order valence-electron chi connectivity index (χ4n) is 3.92. The molecule has 174 valence electrons. The van der Waals surface area contributed by atoms with E-state index in [0.29, 0.717) is 23.3 Å². The number of ether oxygens (including phenoxy) is 1. The minimum atomic E-state index is -0.166. The number of nitrogens with one attached hydrogen (secondary N) is 2. The highest BCUT2D eigenvalue weighted by molar-refractivity contribution is 5.92. The zero-order valence-corrected chi connectivity index (χ0v) is 19.2. The zero-order chi connectivity index (χ0) is 23.2. The molecule has 8 nitrogen and oxygen atoms in total. The van der Waals surface area contributed by atoms with E-state index >= 15 is 0 Å². The maximum absolute atomic E-state index is 12.7. The number of benzene rings is 2. The molecule has 0 unspecified atom stereocenters. The second-order valence-electron chi connectivity index (χ2n) is 8.66. The van der Waals surface area contributed by atoms with E-state index in [4.69, 9.17) is 4.74 Å². The number of anilines is 1. The van der Waals surface area contributed by atoms with Gasteiger partial charge in [-0.3, -0.25) is 19.4 Å². The molecule has 0 saturated carbocycles. The standard InChI is InChI=1S/C25H31N5O3/c1-18(2)30(16-23-27-22-6-4-3-5-21(22)25(32)28-23)17-24(31)26-20-9-7-19(8-10-20)15-29-11-13-33-14-12-29/h3-10,18H,11-17H2,1-2H3,(H,26,31)(H,27,28,32). The SMILES string of the molecule is CC(C)N(CC(=O)Nc1ccc(CN2CCOCC2)cc1)Cc1nc2ccccc2c(=O)[nH]1. The largest absolute Gasteiger partial charge is 0.379 e. The van der Waals surface area contributed by atoms with E-state index in [-0.39, 0.29) is 24.1 Å². The number of hydrogen-bond donors (Lipinski definition) is 2. The van der Waals surface area contributed by atoms with Crippen LogP contribution in [-0.2, 0) is 22.6 Å². The Kier molecular flexibility index (Phi) is 7.49. The second kappa shape index (κ2) is 10.7. The van der Waals surface area contributed by atoms with Gasteiger partial charge in [0.1, 0.15) is 5.82 Å². The van der Waals surface area contributed by atoms with Crippen LogP contribution < -0.4 is 10.9 Å². The topological polar surface area (TPSA) is 90.6 Å². The number of para-hydroxylation sites is 1. The van der Waals surface area contributed by atoms with Crippen molar-refractivity contribution < 1.29 is 9.53 Å². The molecule has 2 aromatic carbocycles. The molecule has 1 aliphatic heterocycles. The van der Waals surface area contributed by atoms with Gasteiger partial charge in [0.05, 0.1) is 37.2 Å². The number of H-pyrrole nitrogens is 1. The fraction of sp³-hybridized carbons (Fsp3) is 0.400. The molecule has 2 heterocycles. The van der Waals surface area contributed by atoms with Gasteiger partial charge in [-0.2, -0.15) is 0 Å². The quantitative estimate of drug-likeness (QED) is 0.549. The number of aromatic nitrogens is 2. The van der Waals surface area contributed by atoms with Crippen LogP contribution in [0.25, 0.3) is 10.9 Å². The Morgan fingerprint density at radius 2 is 1.88 bits per heavy atom. The zero-order valence-electron chi connectivity index (χ0n) is 19.2. The first-order valence-electron chi connectivity index (χ1n) is 11.4. The molecule has 1 fully saturated rings. The first-order chi connectivity index (χ1) is 16.0. The summed E-state index contributed by atoms with van der Waals surface area (Å²) >= 11 is 0. The van der Waals surface area contributed by atoms with Crippen molar-refractivity contribution in [2.24, 2.45) is 0 Å². The van der Waals surface area contributed by atoms with Gasteiger partial charge in [-0.05, 0) is 43.7 Å². The summed E-state index contributed by atoms with van der Waals surface area (Å²) in [5.74, 6) is 0.445. The summed E-state index contributed by atoms with van der Waals surface area (Å²) < 4.78 is 5.40. The summed E-state index contributed by atoms with van der Waals surface area (Å²) in [5, 5.41) is 3.54. The number of aromatic amines is 1. The molecule has 0 atom stereocenters. The Morgan fingerprint density at radius 1 is 1.15 bits per heavy atom. The average molecular weight is 450 g/mol. The lowest BCUT2D eigenvalue weighted by Crippen LogP contribution is -2.38. The van der Waals surface area contributed by atoms with Gasteiger partial charge < -0.3 is 15.0 Å². The molecule has 4 rings (SSSR count). The molecular formula is C25H31N5O3. The van der Waals surface area contributed by atoms with Crippen LogP contribution in [0, 0.1) is 0 Å². The average Bonchev–Trinajstić information content (AvgIpc) is 2.80. The lowest BCUT2D eigenvalue weighted by Gasteiger charge is -2.26. The normalized spacial score (nSPS) is 14.8. The molecule has 33 heavy (non-hydrogen) atoms. The molecule has 1 saturated heterocycles. The molecule has 1 aliphatic rings. The van der Waals surface area contributed by atoms with E-state index in [1.165, 1.54) is 5.56 Å².